The second-order valence-corrected chi connectivity index (χ2v) is 8.54. The van der Waals surface area contributed by atoms with Gasteiger partial charge < -0.3 is 0 Å². The van der Waals surface area contributed by atoms with Gasteiger partial charge in [-0.1, -0.05) is 0 Å². The van der Waals surface area contributed by atoms with E-state index in [9.17, 15) is 8.42 Å². The third-order valence-corrected chi connectivity index (χ3v) is 5.81. The summed E-state index contributed by atoms with van der Waals surface area (Å²) in [5, 5.41) is 0. The summed E-state index contributed by atoms with van der Waals surface area (Å²) in [7, 11) is 1.79. The number of anilines is 1. The molecule has 0 aliphatic carbocycles. The Labute approximate surface area is 147 Å². The van der Waals surface area contributed by atoms with Crippen molar-refractivity contribution in [2.45, 2.75) is 11.8 Å². The average molecular weight is 530 g/mol. The number of hydrogen-bond acceptors (Lipinski definition) is 4. The van der Waals surface area contributed by atoms with Gasteiger partial charge in [-0.05, 0) is 0 Å². The molecule has 0 saturated heterocycles. The number of benzene rings is 1. The van der Waals surface area contributed by atoms with Gasteiger partial charge in [0.15, 0.2) is 0 Å². The first-order chi connectivity index (χ1) is 11.1. The molecule has 23 heavy (non-hydrogen) atoms. The molecule has 8 heteroatoms. The van der Waals surface area contributed by atoms with Crippen molar-refractivity contribution in [1.82, 2.24) is 4.98 Å². The number of aromatic nitrogens is 1. The van der Waals surface area contributed by atoms with E-state index in [0.717, 1.165) is 4.47 Å². The van der Waals surface area contributed by atoms with E-state index in [4.69, 9.17) is 14.4 Å². The van der Waals surface area contributed by atoms with Gasteiger partial charge in [0.2, 0.25) is 0 Å². The van der Waals surface area contributed by atoms with E-state index in [1.165, 1.54) is 18.4 Å². The molecule has 2 aromatic rings. The molecule has 0 aliphatic heterocycles. The normalized spacial score (nSPS) is 12.6. The van der Waals surface area contributed by atoms with E-state index in [2.05, 4.69) is 4.98 Å². The van der Waals surface area contributed by atoms with Crippen molar-refractivity contribution in [3.8, 4) is 0 Å². The van der Waals surface area contributed by atoms with Crippen LogP contribution < -0.4 is 4.47 Å². The maximum atomic E-state index is 12.9. The number of rotatable bonds is 6. The zero-order valence-corrected chi connectivity index (χ0v) is 16.1. The summed E-state index contributed by atoms with van der Waals surface area (Å²) in [6.45, 7) is 1.72. The summed E-state index contributed by atoms with van der Waals surface area (Å²) in [6.07, 6.45) is 4.47. The monoisotopic (exact) mass is 530 g/mol. The second kappa shape index (κ2) is 8.36. The van der Waals surface area contributed by atoms with Crippen molar-refractivity contribution < 1.29 is 29.5 Å². The molecular weight excluding hydrogens is 516 g/mol. The Kier molecular flexibility index (Phi) is 6.47. The van der Waals surface area contributed by atoms with E-state index in [-0.39, 0.29) is 4.90 Å². The zero-order chi connectivity index (χ0) is 16.7. The van der Waals surface area contributed by atoms with E-state index >= 15 is 0 Å². The number of allylic oxidation sites excluding steroid dienone is 1. The van der Waals surface area contributed by atoms with Crippen LogP contribution in [-0.4, -0.2) is 17.9 Å². The number of sulfonamides is 1. The molecule has 1 aromatic carbocycles. The van der Waals surface area contributed by atoms with Crippen molar-refractivity contribution >= 4 is 29.8 Å². The van der Waals surface area contributed by atoms with Crippen molar-refractivity contribution in [3.05, 3.63) is 66.7 Å². The van der Waals surface area contributed by atoms with Crippen LogP contribution in [0, 0.1) is 6.92 Å². The quantitative estimate of drug-likeness (QED) is 0.426. The van der Waals surface area contributed by atoms with E-state index in [1.807, 2.05) is 0 Å². The molecule has 124 valence electrons. The van der Waals surface area contributed by atoms with Crippen LogP contribution in [0.25, 0.3) is 0 Å². The molecule has 0 radical (unpaired) electrons. The molecule has 0 atom stereocenters. The molecule has 0 fully saturated rings. The number of pyridine rings is 1. The number of aryl methyl sites for hydroxylation is 1. The third-order valence-electron chi connectivity index (χ3n) is 2.78. The van der Waals surface area contributed by atoms with Crippen LogP contribution in [0.5, 0.6) is 0 Å². The number of halogens is 1. The second-order valence-electron chi connectivity index (χ2n) is 4.27. The first kappa shape index (κ1) is 17.8. The molecule has 0 unspecified atom stereocenters. The minimum absolute atomic E-state index is 0.131. The Morgan fingerprint density at radius 2 is 1.96 bits per heavy atom. The molecule has 0 aliphatic rings. The zero-order valence-electron chi connectivity index (χ0n) is 12.1. The van der Waals surface area contributed by atoms with Gasteiger partial charge in [0.1, 0.15) is 0 Å². The van der Waals surface area contributed by atoms with Crippen molar-refractivity contribution in [3.63, 3.8) is 0 Å². The van der Waals surface area contributed by atoms with Gasteiger partial charge in [-0.25, -0.2) is 0 Å². The standard InChI is InChI=1S/C15H14N2O3S.ClH.Ir/c1-3-12-20-17(15-10-7-11-16-13(15)2)21(18,19)14-8-5-4-6-9-14;;/h1,3-12H,2H3;1H;/q;;+1/p-1/b12-3-;;. The topological polar surface area (TPSA) is 59.5 Å². The fraction of sp³-hybridized carbons (Fsp3) is 0.0667. The Morgan fingerprint density at radius 3 is 2.61 bits per heavy atom. The first-order valence-corrected chi connectivity index (χ1v) is 12.2. The van der Waals surface area contributed by atoms with Gasteiger partial charge in [-0.3, -0.25) is 0 Å². The number of hydrogen-bond donors (Lipinski definition) is 0. The molecule has 0 saturated carbocycles. The average Bonchev–Trinajstić information content (AvgIpc) is 2.57. The van der Waals surface area contributed by atoms with Crippen molar-refractivity contribution in [2.24, 2.45) is 0 Å². The van der Waals surface area contributed by atoms with Gasteiger partial charge in [0.25, 0.3) is 0 Å². The fourth-order valence-electron chi connectivity index (χ4n) is 1.74. The summed E-state index contributed by atoms with van der Waals surface area (Å²) in [5.41, 5.74) is 0.887. The van der Waals surface area contributed by atoms with Crippen LogP contribution in [0.1, 0.15) is 5.69 Å². The van der Waals surface area contributed by atoms with E-state index in [0.29, 0.717) is 11.4 Å². The van der Waals surface area contributed by atoms with E-state index < -0.39 is 26.3 Å². The van der Waals surface area contributed by atoms with Crippen LogP contribution in [0.15, 0.2) is 65.9 Å². The molecule has 0 spiro atoms. The molecule has 2 rings (SSSR count). The summed E-state index contributed by atoms with van der Waals surface area (Å²) < 4.78 is 28.3. The van der Waals surface area contributed by atoms with Crippen LogP contribution in [0.4, 0.5) is 5.69 Å². The maximum absolute atomic E-state index is 12.9. The Bertz CT molecular complexity index is 810. The molecule has 0 N–H and O–H groups in total. The molecule has 1 heterocycles. The van der Waals surface area contributed by atoms with Gasteiger partial charge in [-0.2, -0.15) is 0 Å². The molecule has 5 nitrogen and oxygen atoms in total. The predicted molar refractivity (Wildman–Crippen MR) is 87.2 cm³/mol. The molecule has 0 bridgehead atoms. The molecular formula is C15H14ClIrN2O3S. The number of nitrogens with zero attached hydrogens (tertiary/aromatic N) is 2. The Hall–Kier alpha value is -1.53. The fourth-order valence-corrected chi connectivity index (χ4v) is 3.81. The first-order valence-electron chi connectivity index (χ1n) is 6.44. The van der Waals surface area contributed by atoms with Crippen LogP contribution in [-0.2, 0) is 31.1 Å². The summed E-state index contributed by atoms with van der Waals surface area (Å²) in [6, 6.07) is 11.4. The van der Waals surface area contributed by atoms with Gasteiger partial charge in [0, 0.05) is 0 Å². The minimum atomic E-state index is -3.88. The predicted octanol–water partition coefficient (Wildman–Crippen LogP) is 3.07. The molecule has 0 amide bonds. The van der Waals surface area contributed by atoms with Crippen molar-refractivity contribution in [1.29, 1.82) is 0 Å². The third kappa shape index (κ3) is 4.48. The summed E-state index contributed by atoms with van der Waals surface area (Å²) >= 11 is -0.677. The van der Waals surface area contributed by atoms with Crippen molar-refractivity contribution in [2.75, 3.05) is 4.47 Å². The van der Waals surface area contributed by atoms with Crippen LogP contribution in [0.2, 0.25) is 0 Å². The van der Waals surface area contributed by atoms with E-state index in [1.54, 1.807) is 54.1 Å². The molecule has 1 aromatic heterocycles. The van der Waals surface area contributed by atoms with Gasteiger partial charge in [-0.15, -0.1) is 0 Å². The Morgan fingerprint density at radius 1 is 1.22 bits per heavy atom. The SMILES string of the molecule is Cc1ncccc1N(O/C=C\[CH]=[Ir][Cl])S(=O)(=O)c1ccccc1. The van der Waals surface area contributed by atoms with Crippen LogP contribution in [0.3, 0.4) is 0 Å². The Balaban J connectivity index is 2.47. The summed E-state index contributed by atoms with van der Waals surface area (Å²) in [5.74, 6) is 0. The van der Waals surface area contributed by atoms with Gasteiger partial charge in [0.05, 0.1) is 0 Å². The van der Waals surface area contributed by atoms with Gasteiger partial charge >= 0.3 is 147 Å². The summed E-state index contributed by atoms with van der Waals surface area (Å²) in [4.78, 5) is 9.63. The van der Waals surface area contributed by atoms with Crippen LogP contribution >= 0.6 is 9.58 Å².